The lowest BCUT2D eigenvalue weighted by molar-refractivity contribution is -0.243. The number of hydrogen-bond acceptors (Lipinski definition) is 7. The molecule has 0 unspecified atom stereocenters. The Morgan fingerprint density at radius 1 is 1.37 bits per heavy atom. The van der Waals surface area contributed by atoms with E-state index >= 15 is 0 Å². The summed E-state index contributed by atoms with van der Waals surface area (Å²) in [6, 6.07) is 1.78. The largest absolute Gasteiger partial charge is 0.472 e. The summed E-state index contributed by atoms with van der Waals surface area (Å²) in [6.07, 6.45) is 3.15. The summed E-state index contributed by atoms with van der Waals surface area (Å²) in [7, 11) is 0. The average Bonchev–Trinajstić information content (AvgIpc) is 3.34. The number of aliphatic hydroxyl groups is 3. The average molecular weight is 378 g/mol. The molecule has 1 aromatic rings. The highest BCUT2D eigenvalue weighted by atomic mass is 16.6. The van der Waals surface area contributed by atoms with Gasteiger partial charge < -0.3 is 29.2 Å². The number of esters is 1. The van der Waals surface area contributed by atoms with Crippen LogP contribution in [0.15, 0.2) is 23.0 Å². The molecule has 2 aliphatic carbocycles. The highest BCUT2D eigenvalue weighted by Crippen LogP contribution is 2.69. The monoisotopic (exact) mass is 378 g/mol. The van der Waals surface area contributed by atoms with Crippen molar-refractivity contribution in [3.63, 3.8) is 0 Å². The fraction of sp³-hybridized carbons (Fsp3) is 0.750. The first kappa shape index (κ1) is 17.7. The molecule has 3 N–H and O–H groups in total. The predicted molar refractivity (Wildman–Crippen MR) is 91.3 cm³/mol. The lowest BCUT2D eigenvalue weighted by Gasteiger charge is -2.62. The molecular formula is C20H26O7. The maximum atomic E-state index is 13.3. The number of furan rings is 1. The van der Waals surface area contributed by atoms with Gasteiger partial charge in [-0.25, -0.2) is 0 Å². The van der Waals surface area contributed by atoms with Gasteiger partial charge in [0.15, 0.2) is 0 Å². The fourth-order valence-corrected chi connectivity index (χ4v) is 6.75. The van der Waals surface area contributed by atoms with Gasteiger partial charge >= 0.3 is 5.97 Å². The van der Waals surface area contributed by atoms with Crippen LogP contribution in [-0.2, 0) is 14.3 Å². The molecule has 0 aromatic carbocycles. The van der Waals surface area contributed by atoms with Crippen LogP contribution < -0.4 is 0 Å². The third-order valence-corrected chi connectivity index (χ3v) is 8.09. The van der Waals surface area contributed by atoms with Crippen molar-refractivity contribution in [3.8, 4) is 0 Å². The van der Waals surface area contributed by atoms with Crippen LogP contribution in [0.1, 0.15) is 44.3 Å². The highest BCUT2D eigenvalue weighted by molar-refractivity contribution is 5.81. The van der Waals surface area contributed by atoms with Crippen molar-refractivity contribution in [3.05, 3.63) is 24.2 Å². The van der Waals surface area contributed by atoms with Crippen molar-refractivity contribution < 1.29 is 34.0 Å². The summed E-state index contributed by atoms with van der Waals surface area (Å²) in [5.41, 5.74) is -2.47. The zero-order valence-corrected chi connectivity index (χ0v) is 15.3. The number of fused-ring (bicyclic) bond motifs is 1. The summed E-state index contributed by atoms with van der Waals surface area (Å²) >= 11 is 0. The predicted octanol–water partition coefficient (Wildman–Crippen LogP) is 1.17. The van der Waals surface area contributed by atoms with Crippen LogP contribution in [0.2, 0.25) is 0 Å². The van der Waals surface area contributed by atoms with E-state index in [2.05, 4.69) is 0 Å². The molecule has 4 fully saturated rings. The van der Waals surface area contributed by atoms with Gasteiger partial charge in [0.1, 0.15) is 6.10 Å². The van der Waals surface area contributed by atoms with Crippen molar-refractivity contribution in [2.45, 2.75) is 56.5 Å². The molecule has 2 saturated carbocycles. The van der Waals surface area contributed by atoms with Gasteiger partial charge in [0.05, 0.1) is 54.4 Å². The van der Waals surface area contributed by atoms with E-state index in [1.54, 1.807) is 18.6 Å². The second-order valence-corrected chi connectivity index (χ2v) is 8.95. The zero-order valence-electron chi connectivity index (χ0n) is 15.3. The molecule has 2 aliphatic heterocycles. The topological polar surface area (TPSA) is 109 Å². The molecule has 5 rings (SSSR count). The van der Waals surface area contributed by atoms with Crippen LogP contribution in [0, 0.1) is 22.7 Å². The van der Waals surface area contributed by atoms with Gasteiger partial charge in [0.25, 0.3) is 0 Å². The Kier molecular flexibility index (Phi) is 3.64. The van der Waals surface area contributed by atoms with Crippen molar-refractivity contribution in [1.29, 1.82) is 0 Å². The number of rotatable bonds is 2. The molecular weight excluding hydrogens is 352 g/mol. The van der Waals surface area contributed by atoms with Gasteiger partial charge in [-0.05, 0) is 31.2 Å². The second-order valence-electron chi connectivity index (χ2n) is 8.95. The van der Waals surface area contributed by atoms with E-state index in [0.29, 0.717) is 25.7 Å². The first-order valence-corrected chi connectivity index (χ1v) is 9.75. The molecule has 148 valence electrons. The summed E-state index contributed by atoms with van der Waals surface area (Å²) in [5, 5.41) is 32.9. The van der Waals surface area contributed by atoms with E-state index in [-0.39, 0.29) is 31.2 Å². The minimum Gasteiger partial charge on any atom is -0.472 e. The van der Waals surface area contributed by atoms with Gasteiger partial charge in [-0.15, -0.1) is 0 Å². The van der Waals surface area contributed by atoms with Crippen LogP contribution in [0.3, 0.4) is 0 Å². The number of ether oxygens (including phenoxy) is 2. The van der Waals surface area contributed by atoms with Gasteiger partial charge in [-0.2, -0.15) is 0 Å². The van der Waals surface area contributed by atoms with Crippen LogP contribution in [0.25, 0.3) is 0 Å². The number of cyclic esters (lactones) is 1. The molecule has 7 heteroatoms. The molecule has 0 radical (unpaired) electrons. The number of carbonyl (C=O) groups is 1. The molecule has 7 nitrogen and oxygen atoms in total. The Balaban J connectivity index is 1.65. The second kappa shape index (κ2) is 5.56. The quantitative estimate of drug-likeness (QED) is 0.663. The van der Waals surface area contributed by atoms with Crippen LogP contribution in [0.4, 0.5) is 0 Å². The van der Waals surface area contributed by atoms with E-state index in [4.69, 9.17) is 13.9 Å². The van der Waals surface area contributed by atoms with E-state index in [1.807, 2.05) is 6.92 Å². The number of carbonyl (C=O) groups excluding carboxylic acids is 1. The maximum absolute atomic E-state index is 13.3. The summed E-state index contributed by atoms with van der Waals surface area (Å²) in [5.74, 6) is -1.08. The molecule has 8 atom stereocenters. The zero-order chi connectivity index (χ0) is 19.0. The smallest absolute Gasteiger partial charge is 0.313 e. The van der Waals surface area contributed by atoms with Crippen LogP contribution in [0.5, 0.6) is 0 Å². The van der Waals surface area contributed by atoms with E-state index < -0.39 is 34.6 Å². The maximum Gasteiger partial charge on any atom is 0.313 e. The number of aliphatic hydroxyl groups excluding tert-OH is 2. The molecule has 0 amide bonds. The Hall–Kier alpha value is -1.41. The fourth-order valence-electron chi connectivity index (χ4n) is 6.75. The third-order valence-electron chi connectivity index (χ3n) is 8.09. The van der Waals surface area contributed by atoms with Gasteiger partial charge in [0.2, 0.25) is 0 Å². The van der Waals surface area contributed by atoms with E-state index in [9.17, 15) is 20.1 Å². The Morgan fingerprint density at radius 3 is 2.89 bits per heavy atom. The first-order valence-electron chi connectivity index (χ1n) is 9.75. The SMILES string of the molecule is C[C@@H]1C[C@H]2OC[C@@]3(O)CC[C@@H](O)[C@H]([C@]14C[C@H](c1ccoc1)OC4=O)[C@]23CO. The highest BCUT2D eigenvalue weighted by Gasteiger charge is 2.77. The van der Waals surface area contributed by atoms with Crippen molar-refractivity contribution in [1.82, 2.24) is 0 Å². The third kappa shape index (κ3) is 1.93. The van der Waals surface area contributed by atoms with Crippen molar-refractivity contribution >= 4 is 5.97 Å². The van der Waals surface area contributed by atoms with Crippen molar-refractivity contribution in [2.24, 2.45) is 22.7 Å². The molecule has 4 aliphatic rings. The minimum absolute atomic E-state index is 0.105. The van der Waals surface area contributed by atoms with E-state index in [1.165, 1.54) is 0 Å². The molecule has 1 spiro atoms. The summed E-state index contributed by atoms with van der Waals surface area (Å²) < 4.78 is 16.9. The minimum atomic E-state index is -1.24. The number of hydrogen-bond donors (Lipinski definition) is 3. The molecule has 0 bridgehead atoms. The molecule has 27 heavy (non-hydrogen) atoms. The standard InChI is InChI=1S/C20H26O7/c1-11-6-15-20(9-21)16(13(22)2-4-18(20,24)10-26-15)19(11)7-14(27-17(19)23)12-3-5-25-8-12/h3,5,8,11,13-16,21-22,24H,2,4,6-7,9-10H2,1H3/t11-,13-,14-,15-,16-,18+,19+,20+/m1/s1. The van der Waals surface area contributed by atoms with Crippen LogP contribution >= 0.6 is 0 Å². The van der Waals surface area contributed by atoms with Crippen molar-refractivity contribution in [2.75, 3.05) is 13.2 Å². The molecule has 3 heterocycles. The Bertz CT molecular complexity index is 748. The normalized spacial score (nSPS) is 51.4. The molecule has 2 saturated heterocycles. The Labute approximate surface area is 157 Å². The Morgan fingerprint density at radius 2 is 2.19 bits per heavy atom. The lowest BCUT2D eigenvalue weighted by Crippen LogP contribution is -2.71. The summed E-state index contributed by atoms with van der Waals surface area (Å²) in [6.45, 7) is 1.79. The van der Waals surface area contributed by atoms with Crippen LogP contribution in [-0.4, -0.2) is 52.3 Å². The van der Waals surface area contributed by atoms with E-state index in [0.717, 1.165) is 5.56 Å². The van der Waals surface area contributed by atoms with Gasteiger partial charge in [0, 0.05) is 17.9 Å². The lowest BCUT2D eigenvalue weighted by atomic mass is 9.42. The van der Waals surface area contributed by atoms with Gasteiger partial charge in [-0.3, -0.25) is 4.79 Å². The summed E-state index contributed by atoms with van der Waals surface area (Å²) in [4.78, 5) is 13.3. The van der Waals surface area contributed by atoms with Gasteiger partial charge in [-0.1, -0.05) is 6.92 Å². The molecule has 1 aromatic heterocycles. The first-order chi connectivity index (χ1) is 12.9.